The highest BCUT2D eigenvalue weighted by Crippen LogP contribution is 2.31. The molecular formula is C17H21FN2O. The average Bonchev–Trinajstić information content (AvgIpc) is 2.45. The van der Waals surface area contributed by atoms with Crippen LogP contribution in [0.25, 0.3) is 0 Å². The largest absolute Gasteiger partial charge is 0.496 e. The second-order valence-corrected chi connectivity index (χ2v) is 5.30. The average molecular weight is 288 g/mol. The van der Waals surface area contributed by atoms with Gasteiger partial charge < -0.3 is 4.74 Å². The minimum absolute atomic E-state index is 0.258. The molecular weight excluding hydrogens is 267 g/mol. The van der Waals surface area contributed by atoms with E-state index in [2.05, 4.69) is 5.43 Å². The van der Waals surface area contributed by atoms with Gasteiger partial charge in [-0.05, 0) is 55.2 Å². The maximum Gasteiger partial charge on any atom is 0.128 e. The summed E-state index contributed by atoms with van der Waals surface area (Å²) in [7, 11) is 1.64. The molecule has 2 aromatic rings. The Morgan fingerprint density at radius 2 is 1.76 bits per heavy atom. The van der Waals surface area contributed by atoms with Crippen molar-refractivity contribution < 1.29 is 9.13 Å². The molecule has 2 aromatic carbocycles. The number of methoxy groups -OCH3 is 1. The number of nitrogens with two attached hydrogens (primary N) is 1. The fourth-order valence-corrected chi connectivity index (χ4v) is 2.56. The summed E-state index contributed by atoms with van der Waals surface area (Å²) in [6, 6.07) is 8.71. The summed E-state index contributed by atoms with van der Waals surface area (Å²) in [6.45, 7) is 5.79. The van der Waals surface area contributed by atoms with E-state index >= 15 is 0 Å². The van der Waals surface area contributed by atoms with Gasteiger partial charge in [0.2, 0.25) is 0 Å². The van der Waals surface area contributed by atoms with Crippen LogP contribution >= 0.6 is 0 Å². The number of hydrogen-bond acceptors (Lipinski definition) is 3. The Balaban J connectivity index is 2.53. The monoisotopic (exact) mass is 288 g/mol. The summed E-state index contributed by atoms with van der Waals surface area (Å²) in [5, 5.41) is 0. The molecule has 0 aliphatic carbocycles. The topological polar surface area (TPSA) is 47.3 Å². The zero-order valence-corrected chi connectivity index (χ0v) is 12.8. The van der Waals surface area contributed by atoms with Crippen LogP contribution in [-0.2, 0) is 0 Å². The predicted octanol–water partition coefficient (Wildman–Crippen LogP) is 3.31. The summed E-state index contributed by atoms with van der Waals surface area (Å²) in [6.07, 6.45) is 0. The van der Waals surface area contributed by atoms with Crippen molar-refractivity contribution in [1.29, 1.82) is 0 Å². The van der Waals surface area contributed by atoms with Gasteiger partial charge >= 0.3 is 0 Å². The molecule has 3 nitrogen and oxygen atoms in total. The molecule has 0 saturated heterocycles. The highest BCUT2D eigenvalue weighted by atomic mass is 19.1. The molecule has 112 valence electrons. The highest BCUT2D eigenvalue weighted by Gasteiger charge is 2.19. The van der Waals surface area contributed by atoms with Gasteiger partial charge in [-0.3, -0.25) is 5.84 Å². The molecule has 4 heteroatoms. The second-order valence-electron chi connectivity index (χ2n) is 5.30. The maximum atomic E-state index is 14.2. The van der Waals surface area contributed by atoms with Crippen molar-refractivity contribution >= 4 is 0 Å². The first-order valence-corrected chi connectivity index (χ1v) is 6.85. The number of hydrazine groups is 1. The predicted molar refractivity (Wildman–Crippen MR) is 82.8 cm³/mol. The number of halogens is 1. The summed E-state index contributed by atoms with van der Waals surface area (Å²) in [4.78, 5) is 0. The Bertz CT molecular complexity index is 655. The molecule has 0 saturated carbocycles. The second kappa shape index (κ2) is 6.24. The van der Waals surface area contributed by atoms with Crippen LogP contribution in [0.15, 0.2) is 30.3 Å². The van der Waals surface area contributed by atoms with Gasteiger partial charge in [0.1, 0.15) is 11.6 Å². The van der Waals surface area contributed by atoms with Gasteiger partial charge in [-0.15, -0.1) is 0 Å². The van der Waals surface area contributed by atoms with Crippen molar-refractivity contribution in [2.75, 3.05) is 7.11 Å². The molecule has 0 aliphatic heterocycles. The van der Waals surface area contributed by atoms with Gasteiger partial charge in [0.05, 0.1) is 13.2 Å². The van der Waals surface area contributed by atoms with Crippen molar-refractivity contribution in [3.8, 4) is 5.75 Å². The first-order valence-electron chi connectivity index (χ1n) is 6.85. The van der Waals surface area contributed by atoms with E-state index in [-0.39, 0.29) is 5.82 Å². The van der Waals surface area contributed by atoms with Crippen LogP contribution in [0.4, 0.5) is 4.39 Å². The third kappa shape index (κ3) is 3.06. The van der Waals surface area contributed by atoms with E-state index in [0.717, 1.165) is 28.0 Å². The SMILES string of the molecule is COc1cc(C)c(C(NN)c2ccc(C)cc2F)cc1C. The molecule has 0 radical (unpaired) electrons. The molecule has 0 aromatic heterocycles. The molecule has 0 bridgehead atoms. The van der Waals surface area contributed by atoms with Crippen molar-refractivity contribution in [3.63, 3.8) is 0 Å². The Labute approximate surface area is 124 Å². The number of rotatable bonds is 4. The van der Waals surface area contributed by atoms with E-state index in [1.165, 1.54) is 6.07 Å². The molecule has 0 heterocycles. The smallest absolute Gasteiger partial charge is 0.128 e. The molecule has 0 amide bonds. The lowest BCUT2D eigenvalue weighted by atomic mass is 9.92. The van der Waals surface area contributed by atoms with Crippen LogP contribution in [0.2, 0.25) is 0 Å². The van der Waals surface area contributed by atoms with Crippen LogP contribution in [-0.4, -0.2) is 7.11 Å². The van der Waals surface area contributed by atoms with Crippen molar-refractivity contribution in [3.05, 3.63) is 64.0 Å². The Kier molecular flexibility index (Phi) is 4.60. The zero-order valence-electron chi connectivity index (χ0n) is 12.8. The molecule has 2 rings (SSSR count). The molecule has 1 atom stereocenters. The lowest BCUT2D eigenvalue weighted by Crippen LogP contribution is -2.30. The fourth-order valence-electron chi connectivity index (χ4n) is 2.56. The minimum atomic E-state index is -0.393. The Morgan fingerprint density at radius 3 is 2.33 bits per heavy atom. The summed E-state index contributed by atoms with van der Waals surface area (Å²) in [5.41, 5.74) is 7.08. The molecule has 21 heavy (non-hydrogen) atoms. The lowest BCUT2D eigenvalue weighted by molar-refractivity contribution is 0.411. The van der Waals surface area contributed by atoms with Gasteiger partial charge in [0, 0.05) is 5.56 Å². The number of ether oxygens (including phenoxy) is 1. The summed E-state index contributed by atoms with van der Waals surface area (Å²) >= 11 is 0. The van der Waals surface area contributed by atoms with Crippen LogP contribution in [0.1, 0.15) is 33.9 Å². The van der Waals surface area contributed by atoms with Gasteiger partial charge in [0.15, 0.2) is 0 Å². The molecule has 3 N–H and O–H groups in total. The third-order valence-electron chi connectivity index (χ3n) is 3.73. The van der Waals surface area contributed by atoms with E-state index in [4.69, 9.17) is 10.6 Å². The van der Waals surface area contributed by atoms with E-state index in [1.54, 1.807) is 13.2 Å². The van der Waals surface area contributed by atoms with E-state index in [0.29, 0.717) is 5.56 Å². The molecule has 0 fully saturated rings. The maximum absolute atomic E-state index is 14.2. The third-order valence-corrected chi connectivity index (χ3v) is 3.73. The lowest BCUT2D eigenvalue weighted by Gasteiger charge is -2.21. The first-order chi connectivity index (χ1) is 9.97. The summed E-state index contributed by atoms with van der Waals surface area (Å²) in [5.74, 6) is 6.24. The number of nitrogens with one attached hydrogen (secondary N) is 1. The van der Waals surface area contributed by atoms with Crippen LogP contribution < -0.4 is 16.0 Å². The van der Waals surface area contributed by atoms with E-state index in [1.807, 2.05) is 39.0 Å². The van der Waals surface area contributed by atoms with Crippen molar-refractivity contribution in [1.82, 2.24) is 5.43 Å². The first kappa shape index (κ1) is 15.5. The van der Waals surface area contributed by atoms with E-state index in [9.17, 15) is 4.39 Å². The molecule has 0 aliphatic rings. The zero-order chi connectivity index (χ0) is 15.6. The minimum Gasteiger partial charge on any atom is -0.496 e. The van der Waals surface area contributed by atoms with Crippen molar-refractivity contribution in [2.24, 2.45) is 5.84 Å². The molecule has 1 unspecified atom stereocenters. The Morgan fingerprint density at radius 1 is 1.05 bits per heavy atom. The van der Waals surface area contributed by atoms with Crippen molar-refractivity contribution in [2.45, 2.75) is 26.8 Å². The summed E-state index contributed by atoms with van der Waals surface area (Å²) < 4.78 is 19.5. The van der Waals surface area contributed by atoms with Crippen LogP contribution in [0, 0.1) is 26.6 Å². The van der Waals surface area contributed by atoms with Crippen LogP contribution in [0.3, 0.4) is 0 Å². The number of benzene rings is 2. The number of hydrogen-bond donors (Lipinski definition) is 2. The quantitative estimate of drug-likeness (QED) is 0.670. The molecule has 0 spiro atoms. The van der Waals surface area contributed by atoms with Gasteiger partial charge in [-0.2, -0.15) is 0 Å². The standard InChI is InChI=1S/C17H21FN2O/c1-10-5-6-13(15(18)7-10)17(20-19)14-8-12(3)16(21-4)9-11(14)2/h5-9,17,20H,19H2,1-4H3. The van der Waals surface area contributed by atoms with Crippen LogP contribution in [0.5, 0.6) is 5.75 Å². The number of aryl methyl sites for hydroxylation is 3. The van der Waals surface area contributed by atoms with Gasteiger partial charge in [-0.1, -0.05) is 18.2 Å². The highest BCUT2D eigenvalue weighted by molar-refractivity contribution is 5.46. The fraction of sp³-hybridized carbons (Fsp3) is 0.294. The van der Waals surface area contributed by atoms with Gasteiger partial charge in [0.25, 0.3) is 0 Å². The normalized spacial score (nSPS) is 12.3. The van der Waals surface area contributed by atoms with E-state index < -0.39 is 6.04 Å². The Hall–Kier alpha value is -1.91. The van der Waals surface area contributed by atoms with Gasteiger partial charge in [-0.25, -0.2) is 9.82 Å².